The summed E-state index contributed by atoms with van der Waals surface area (Å²) in [7, 11) is 0. The summed E-state index contributed by atoms with van der Waals surface area (Å²) in [6.45, 7) is -0.0250. The van der Waals surface area contributed by atoms with Crippen molar-refractivity contribution in [3.63, 3.8) is 0 Å². The largest absolute Gasteiger partial charge is 0.593 e. The maximum atomic E-state index is 11.5. The predicted octanol–water partition coefficient (Wildman–Crippen LogP) is 1.19. The summed E-state index contributed by atoms with van der Waals surface area (Å²) in [5.41, 5.74) is 7.14. The van der Waals surface area contributed by atoms with Gasteiger partial charge in [-0.1, -0.05) is 12.1 Å². The van der Waals surface area contributed by atoms with E-state index in [0.717, 1.165) is 0 Å². The van der Waals surface area contributed by atoms with Crippen LogP contribution in [0.4, 0.5) is 5.69 Å². The molecule has 0 aromatic heterocycles. The van der Waals surface area contributed by atoms with Gasteiger partial charge in [-0.15, -0.1) is 0 Å². The Morgan fingerprint density at radius 2 is 2.08 bits per heavy atom. The minimum atomic E-state index is -1.36. The lowest BCUT2D eigenvalue weighted by Gasteiger charge is -2.35. The predicted molar refractivity (Wildman–Crippen MR) is 50.4 cm³/mol. The number of benzene rings is 1. The van der Waals surface area contributed by atoms with Crippen molar-refractivity contribution in [2.75, 3.05) is 6.54 Å². The van der Waals surface area contributed by atoms with Crippen LogP contribution in [0.2, 0.25) is 0 Å². The SMILES string of the molecule is NC1=CC[N+]([O-])(O)c2ccccc21. The summed E-state index contributed by atoms with van der Waals surface area (Å²) in [6.07, 6.45) is 1.54. The Bertz CT molecular complexity index is 372. The highest BCUT2D eigenvalue weighted by molar-refractivity contribution is 5.76. The van der Waals surface area contributed by atoms with Crippen molar-refractivity contribution in [2.24, 2.45) is 5.73 Å². The number of para-hydroxylation sites is 1. The maximum Gasteiger partial charge on any atom is 0.175 e. The molecule has 13 heavy (non-hydrogen) atoms. The van der Waals surface area contributed by atoms with Crippen molar-refractivity contribution in [3.8, 4) is 0 Å². The van der Waals surface area contributed by atoms with Crippen molar-refractivity contribution < 1.29 is 5.21 Å². The molecule has 1 aromatic carbocycles. The van der Waals surface area contributed by atoms with Crippen molar-refractivity contribution in [1.29, 1.82) is 0 Å². The second-order valence-electron chi connectivity index (χ2n) is 3.06. The highest BCUT2D eigenvalue weighted by atomic mass is 16.8. The van der Waals surface area contributed by atoms with E-state index < -0.39 is 4.81 Å². The molecule has 1 aliphatic rings. The molecule has 0 bridgehead atoms. The monoisotopic (exact) mass is 178 g/mol. The third-order valence-electron chi connectivity index (χ3n) is 2.15. The van der Waals surface area contributed by atoms with Crippen molar-refractivity contribution >= 4 is 11.4 Å². The first kappa shape index (κ1) is 8.25. The molecule has 1 atom stereocenters. The molecule has 68 valence electrons. The average molecular weight is 178 g/mol. The summed E-state index contributed by atoms with van der Waals surface area (Å²) < 4.78 is 0. The van der Waals surface area contributed by atoms with E-state index in [1.54, 1.807) is 24.3 Å². The van der Waals surface area contributed by atoms with Gasteiger partial charge in [0.2, 0.25) is 0 Å². The van der Waals surface area contributed by atoms with Gasteiger partial charge in [-0.05, 0) is 12.1 Å². The topological polar surface area (TPSA) is 69.3 Å². The molecule has 1 aliphatic heterocycles. The van der Waals surface area contributed by atoms with Gasteiger partial charge in [0, 0.05) is 11.8 Å². The molecule has 0 radical (unpaired) electrons. The first-order valence-electron chi connectivity index (χ1n) is 3.99. The van der Waals surface area contributed by atoms with Crippen LogP contribution in [-0.4, -0.2) is 11.8 Å². The van der Waals surface area contributed by atoms with E-state index >= 15 is 0 Å². The number of fused-ring (bicyclic) bond motifs is 1. The van der Waals surface area contributed by atoms with Crippen LogP contribution in [0.3, 0.4) is 0 Å². The zero-order chi connectivity index (χ0) is 9.47. The Labute approximate surface area is 75.6 Å². The Morgan fingerprint density at radius 3 is 2.77 bits per heavy atom. The van der Waals surface area contributed by atoms with Crippen LogP contribution >= 0.6 is 0 Å². The second kappa shape index (κ2) is 2.56. The van der Waals surface area contributed by atoms with E-state index in [2.05, 4.69) is 0 Å². The molecular weight excluding hydrogens is 168 g/mol. The molecule has 4 heteroatoms. The minimum Gasteiger partial charge on any atom is -0.593 e. The van der Waals surface area contributed by atoms with Gasteiger partial charge in [0.15, 0.2) is 5.69 Å². The van der Waals surface area contributed by atoms with Gasteiger partial charge >= 0.3 is 0 Å². The first-order valence-corrected chi connectivity index (χ1v) is 3.99. The number of nitrogens with two attached hydrogens (primary N) is 1. The summed E-state index contributed by atoms with van der Waals surface area (Å²) >= 11 is 0. The van der Waals surface area contributed by atoms with Gasteiger partial charge in [-0.2, -0.15) is 4.81 Å². The van der Waals surface area contributed by atoms with Gasteiger partial charge in [0.1, 0.15) is 6.54 Å². The number of rotatable bonds is 0. The molecular formula is C9H10N2O2. The highest BCUT2D eigenvalue weighted by Crippen LogP contribution is 2.31. The number of hydrogen-bond donors (Lipinski definition) is 2. The lowest BCUT2D eigenvalue weighted by molar-refractivity contribution is -0.0214. The normalized spacial score (nSPS) is 26.5. The molecule has 0 fully saturated rings. The quantitative estimate of drug-likeness (QED) is 0.463. The van der Waals surface area contributed by atoms with Crippen molar-refractivity contribution in [2.45, 2.75) is 0 Å². The minimum absolute atomic E-state index is 0.0250. The Kier molecular flexibility index (Phi) is 1.63. The zero-order valence-corrected chi connectivity index (χ0v) is 6.97. The average Bonchev–Trinajstić information content (AvgIpc) is 2.13. The third-order valence-corrected chi connectivity index (χ3v) is 2.15. The molecule has 1 unspecified atom stereocenters. The van der Waals surface area contributed by atoms with E-state index in [1.807, 2.05) is 0 Å². The van der Waals surface area contributed by atoms with Crippen LogP contribution in [0.25, 0.3) is 5.70 Å². The molecule has 1 aromatic rings. The summed E-state index contributed by atoms with van der Waals surface area (Å²) in [5.74, 6) is 0. The number of hydrogen-bond acceptors (Lipinski definition) is 3. The highest BCUT2D eigenvalue weighted by Gasteiger charge is 2.26. The molecule has 3 N–H and O–H groups in total. The van der Waals surface area contributed by atoms with Crippen LogP contribution in [0.15, 0.2) is 30.3 Å². The Balaban J connectivity index is 2.64. The van der Waals surface area contributed by atoms with Crippen molar-refractivity contribution in [3.05, 3.63) is 41.1 Å². The fraction of sp³-hybridized carbons (Fsp3) is 0.111. The van der Waals surface area contributed by atoms with Crippen LogP contribution in [0, 0.1) is 5.21 Å². The standard InChI is InChI=1S/C9H10N2O2/c10-8-5-6-11(12,13)9-4-2-1-3-7(8)9/h1-5,12H,6,10H2. The van der Waals surface area contributed by atoms with E-state index in [4.69, 9.17) is 5.73 Å². The summed E-state index contributed by atoms with van der Waals surface area (Å²) in [5, 5.41) is 20.9. The molecule has 0 spiro atoms. The van der Waals surface area contributed by atoms with E-state index in [-0.39, 0.29) is 6.54 Å². The lowest BCUT2D eigenvalue weighted by atomic mass is 10.1. The number of quaternary nitrogens is 1. The number of nitrogens with zero attached hydrogens (tertiary/aromatic N) is 1. The Hall–Kier alpha value is -1.36. The van der Waals surface area contributed by atoms with Crippen LogP contribution in [-0.2, 0) is 0 Å². The molecule has 1 heterocycles. The lowest BCUT2D eigenvalue weighted by Crippen LogP contribution is -2.42. The third kappa shape index (κ3) is 1.21. The summed E-state index contributed by atoms with van der Waals surface area (Å²) in [6, 6.07) is 6.80. The molecule has 4 nitrogen and oxygen atoms in total. The van der Waals surface area contributed by atoms with E-state index in [1.165, 1.54) is 6.08 Å². The van der Waals surface area contributed by atoms with E-state index in [9.17, 15) is 10.4 Å². The molecule has 0 saturated heterocycles. The van der Waals surface area contributed by atoms with Gasteiger partial charge in [0.25, 0.3) is 0 Å². The molecule has 2 rings (SSSR count). The number of hydroxylamine groups is 2. The van der Waals surface area contributed by atoms with Gasteiger partial charge < -0.3 is 10.9 Å². The van der Waals surface area contributed by atoms with Crippen molar-refractivity contribution in [1.82, 2.24) is 4.81 Å². The first-order chi connectivity index (χ1) is 6.11. The van der Waals surface area contributed by atoms with E-state index in [0.29, 0.717) is 16.9 Å². The molecule has 0 amide bonds. The zero-order valence-electron chi connectivity index (χ0n) is 6.97. The maximum absolute atomic E-state index is 11.5. The Morgan fingerprint density at radius 1 is 1.38 bits per heavy atom. The fourth-order valence-electron chi connectivity index (χ4n) is 1.45. The van der Waals surface area contributed by atoms with Gasteiger partial charge in [-0.25, -0.2) is 5.21 Å². The van der Waals surface area contributed by atoms with Crippen LogP contribution in [0.5, 0.6) is 0 Å². The fourth-order valence-corrected chi connectivity index (χ4v) is 1.45. The van der Waals surface area contributed by atoms with Gasteiger partial charge in [0.05, 0.1) is 5.56 Å². The molecule has 0 aliphatic carbocycles. The van der Waals surface area contributed by atoms with Gasteiger partial charge in [-0.3, -0.25) is 0 Å². The summed E-state index contributed by atoms with van der Waals surface area (Å²) in [4.78, 5) is -1.36. The smallest absolute Gasteiger partial charge is 0.175 e. The van der Waals surface area contributed by atoms with Crippen LogP contribution < -0.4 is 10.5 Å². The second-order valence-corrected chi connectivity index (χ2v) is 3.06. The molecule has 0 saturated carbocycles. The van der Waals surface area contributed by atoms with Crippen LogP contribution in [0.1, 0.15) is 5.56 Å².